The number of carbonyl (C=O) groups is 1. The minimum atomic E-state index is -0.300. The summed E-state index contributed by atoms with van der Waals surface area (Å²) in [4.78, 5) is 18.0. The van der Waals surface area contributed by atoms with Gasteiger partial charge in [0.25, 0.3) is 5.91 Å². The molecule has 0 radical (unpaired) electrons. The van der Waals surface area contributed by atoms with E-state index in [1.165, 1.54) is 17.5 Å². The third-order valence-electron chi connectivity index (χ3n) is 4.22. The van der Waals surface area contributed by atoms with Crippen LogP contribution in [0.5, 0.6) is 0 Å². The van der Waals surface area contributed by atoms with Crippen LogP contribution in [0.4, 0.5) is 0 Å². The minimum Gasteiger partial charge on any atom is -0.317 e. The van der Waals surface area contributed by atoms with Crippen molar-refractivity contribution in [1.29, 1.82) is 0 Å². The highest BCUT2D eigenvalue weighted by Crippen LogP contribution is 2.24. The summed E-state index contributed by atoms with van der Waals surface area (Å²) in [5.41, 5.74) is 5.28. The van der Waals surface area contributed by atoms with E-state index in [2.05, 4.69) is 27.6 Å². The van der Waals surface area contributed by atoms with Crippen molar-refractivity contribution in [3.63, 3.8) is 0 Å². The van der Waals surface area contributed by atoms with E-state index in [4.69, 9.17) is 11.6 Å². The van der Waals surface area contributed by atoms with Crippen LogP contribution in [0.3, 0.4) is 0 Å². The molecule has 29 heavy (non-hydrogen) atoms. The highest BCUT2D eigenvalue weighted by atomic mass is 35.5. The van der Waals surface area contributed by atoms with E-state index in [-0.39, 0.29) is 5.91 Å². The molecule has 144 valence electrons. The highest BCUT2D eigenvalue weighted by Gasteiger charge is 2.08. The van der Waals surface area contributed by atoms with Gasteiger partial charge in [0.05, 0.1) is 10.4 Å². The summed E-state index contributed by atoms with van der Waals surface area (Å²) in [5.74, 6) is -0.300. The van der Waals surface area contributed by atoms with E-state index in [1.54, 1.807) is 18.3 Å². The molecule has 0 unspecified atom stereocenters. The summed E-state index contributed by atoms with van der Waals surface area (Å²) in [5, 5.41) is 5.06. The first-order chi connectivity index (χ1) is 14.2. The second-order valence-electron chi connectivity index (χ2n) is 6.29. The van der Waals surface area contributed by atoms with Gasteiger partial charge in [0.15, 0.2) is 0 Å². The standard InChI is InChI=1S/C22H17ClN4OS/c23-19-10-8-17(9-11-19)20-15-27(14-16-5-2-1-3-6-16)22(29-20)26-25-21(28)18-7-4-12-24-13-18/h1-13,15H,14H2,(H,25,28)/b26-22+. The van der Waals surface area contributed by atoms with Crippen LogP contribution in [0, 0.1) is 0 Å². The molecule has 4 rings (SSSR count). The van der Waals surface area contributed by atoms with Gasteiger partial charge in [0.2, 0.25) is 4.80 Å². The van der Waals surface area contributed by atoms with Crippen LogP contribution < -0.4 is 10.2 Å². The minimum absolute atomic E-state index is 0.300. The zero-order valence-corrected chi connectivity index (χ0v) is 16.9. The smallest absolute Gasteiger partial charge is 0.273 e. The molecule has 5 nitrogen and oxygen atoms in total. The van der Waals surface area contributed by atoms with E-state index >= 15 is 0 Å². The Hall–Kier alpha value is -3.22. The molecular formula is C22H17ClN4OS. The van der Waals surface area contributed by atoms with E-state index < -0.39 is 0 Å². The van der Waals surface area contributed by atoms with Crippen molar-refractivity contribution >= 4 is 28.8 Å². The Labute approximate surface area is 177 Å². The second kappa shape index (κ2) is 8.86. The van der Waals surface area contributed by atoms with E-state index in [9.17, 15) is 4.79 Å². The van der Waals surface area contributed by atoms with Gasteiger partial charge in [-0.3, -0.25) is 9.78 Å². The quantitative estimate of drug-likeness (QED) is 0.481. The molecule has 0 saturated heterocycles. The third-order valence-corrected chi connectivity index (χ3v) is 5.54. The predicted molar refractivity (Wildman–Crippen MR) is 116 cm³/mol. The lowest BCUT2D eigenvalue weighted by Crippen LogP contribution is -2.24. The van der Waals surface area contributed by atoms with Crippen molar-refractivity contribution in [3.05, 3.63) is 106 Å². The molecule has 0 aliphatic rings. The van der Waals surface area contributed by atoms with Gasteiger partial charge in [0.1, 0.15) is 0 Å². The van der Waals surface area contributed by atoms with E-state index in [0.29, 0.717) is 21.9 Å². The van der Waals surface area contributed by atoms with Crippen molar-refractivity contribution in [3.8, 4) is 10.4 Å². The molecule has 1 amide bonds. The number of amides is 1. The summed E-state index contributed by atoms with van der Waals surface area (Å²) in [6.07, 6.45) is 5.17. The number of benzene rings is 2. The topological polar surface area (TPSA) is 59.3 Å². The summed E-state index contributed by atoms with van der Waals surface area (Å²) in [6, 6.07) is 21.2. The van der Waals surface area contributed by atoms with Gasteiger partial charge in [-0.1, -0.05) is 65.4 Å². The molecule has 0 atom stereocenters. The second-order valence-corrected chi connectivity index (χ2v) is 7.74. The van der Waals surface area contributed by atoms with Crippen molar-refractivity contribution in [2.24, 2.45) is 5.10 Å². The summed E-state index contributed by atoms with van der Waals surface area (Å²) in [7, 11) is 0. The molecule has 0 aliphatic carbocycles. The van der Waals surface area contributed by atoms with Gasteiger partial charge in [-0.15, -0.1) is 5.10 Å². The fraction of sp³-hybridized carbons (Fsp3) is 0.0455. The van der Waals surface area contributed by atoms with Crippen molar-refractivity contribution < 1.29 is 4.79 Å². The molecule has 1 N–H and O–H groups in total. The maximum atomic E-state index is 12.3. The van der Waals surface area contributed by atoms with Gasteiger partial charge in [-0.25, -0.2) is 5.43 Å². The number of thiazole rings is 1. The molecule has 0 bridgehead atoms. The number of nitrogens with zero attached hydrogens (tertiary/aromatic N) is 3. The molecule has 7 heteroatoms. The van der Waals surface area contributed by atoms with Crippen LogP contribution in [0.1, 0.15) is 15.9 Å². The number of rotatable bonds is 5. The van der Waals surface area contributed by atoms with E-state index in [0.717, 1.165) is 16.0 Å². The molecule has 0 aliphatic heterocycles. The van der Waals surface area contributed by atoms with Crippen molar-refractivity contribution in [1.82, 2.24) is 15.0 Å². The van der Waals surface area contributed by atoms with Gasteiger partial charge in [-0.05, 0) is 35.4 Å². The van der Waals surface area contributed by atoms with Crippen LogP contribution in [-0.4, -0.2) is 15.5 Å². The summed E-state index contributed by atoms with van der Waals surface area (Å²) >= 11 is 7.51. The van der Waals surface area contributed by atoms with Crippen molar-refractivity contribution in [2.75, 3.05) is 0 Å². The van der Waals surface area contributed by atoms with E-state index in [1.807, 2.05) is 53.2 Å². The van der Waals surface area contributed by atoms with Crippen LogP contribution in [-0.2, 0) is 6.54 Å². The fourth-order valence-electron chi connectivity index (χ4n) is 2.77. The zero-order valence-electron chi connectivity index (χ0n) is 15.3. The molecule has 0 spiro atoms. The first-order valence-corrected chi connectivity index (χ1v) is 10.1. The summed E-state index contributed by atoms with van der Waals surface area (Å²) in [6.45, 7) is 0.645. The molecule has 4 aromatic rings. The lowest BCUT2D eigenvalue weighted by molar-refractivity contribution is 0.0952. The monoisotopic (exact) mass is 420 g/mol. The zero-order chi connectivity index (χ0) is 20.1. The Morgan fingerprint density at radius 3 is 2.59 bits per heavy atom. The number of aromatic nitrogens is 2. The number of hydrogen-bond donors (Lipinski definition) is 1. The van der Waals surface area contributed by atoms with Crippen LogP contribution >= 0.6 is 22.9 Å². The number of hydrogen-bond acceptors (Lipinski definition) is 4. The molecule has 0 saturated carbocycles. The number of pyridine rings is 1. The largest absolute Gasteiger partial charge is 0.317 e. The lowest BCUT2D eigenvalue weighted by Gasteiger charge is -2.03. The number of carbonyl (C=O) groups excluding carboxylic acids is 1. The Balaban J connectivity index is 1.68. The first-order valence-electron chi connectivity index (χ1n) is 8.93. The van der Waals surface area contributed by atoms with Crippen LogP contribution in [0.2, 0.25) is 5.02 Å². The SMILES string of the molecule is O=C(N/N=c1/sc(-c2ccc(Cl)cc2)cn1Cc1ccccc1)c1cccnc1. The van der Waals surface area contributed by atoms with Gasteiger partial charge >= 0.3 is 0 Å². The first kappa shape index (κ1) is 19.1. The van der Waals surface area contributed by atoms with Crippen LogP contribution in [0.25, 0.3) is 10.4 Å². The average Bonchev–Trinajstić information content (AvgIpc) is 3.16. The number of halogens is 1. The predicted octanol–water partition coefficient (Wildman–Crippen LogP) is 4.56. The van der Waals surface area contributed by atoms with Gasteiger partial charge < -0.3 is 4.57 Å². The highest BCUT2D eigenvalue weighted by molar-refractivity contribution is 7.12. The Morgan fingerprint density at radius 1 is 1.07 bits per heavy atom. The average molecular weight is 421 g/mol. The lowest BCUT2D eigenvalue weighted by atomic mass is 10.2. The molecule has 2 heterocycles. The Kier molecular flexibility index (Phi) is 5.84. The van der Waals surface area contributed by atoms with Gasteiger partial charge in [-0.2, -0.15) is 0 Å². The normalized spacial score (nSPS) is 11.4. The number of nitrogens with one attached hydrogen (secondary N) is 1. The Bertz CT molecular complexity index is 1170. The van der Waals surface area contributed by atoms with Crippen LogP contribution in [0.15, 0.2) is 90.4 Å². The maximum Gasteiger partial charge on any atom is 0.273 e. The fourth-order valence-corrected chi connectivity index (χ4v) is 3.85. The molecule has 2 aromatic carbocycles. The molecule has 0 fully saturated rings. The Morgan fingerprint density at radius 2 is 1.86 bits per heavy atom. The van der Waals surface area contributed by atoms with Crippen molar-refractivity contribution in [2.45, 2.75) is 6.54 Å². The molecule has 2 aromatic heterocycles. The maximum absolute atomic E-state index is 12.3. The third kappa shape index (κ3) is 4.80. The molecular weight excluding hydrogens is 404 g/mol. The summed E-state index contributed by atoms with van der Waals surface area (Å²) < 4.78 is 2.02. The van der Waals surface area contributed by atoms with Gasteiger partial charge in [0, 0.05) is 30.2 Å².